The molecule has 3 nitrogen and oxygen atoms in total. The molecule has 2 rings (SSSR count). The van der Waals surface area contributed by atoms with E-state index in [0.29, 0.717) is 6.04 Å². The van der Waals surface area contributed by atoms with Gasteiger partial charge in [-0.15, -0.1) is 0 Å². The van der Waals surface area contributed by atoms with E-state index in [0.717, 1.165) is 25.7 Å². The average molecular weight is 153 g/mol. The third-order valence-electron chi connectivity index (χ3n) is 2.82. The molecule has 0 aromatic carbocycles. The first-order chi connectivity index (χ1) is 5.23. The number of nitrogens with one attached hydrogen (secondary N) is 1. The first kappa shape index (κ1) is 7.10. The Bertz CT molecular complexity index is 189. The Kier molecular flexibility index (Phi) is 1.42. The second-order valence-corrected chi connectivity index (χ2v) is 3.55. The van der Waals surface area contributed by atoms with Crippen molar-refractivity contribution >= 4 is 5.91 Å². The van der Waals surface area contributed by atoms with Gasteiger partial charge in [0.15, 0.2) is 0 Å². The molecule has 2 aliphatic rings. The summed E-state index contributed by atoms with van der Waals surface area (Å²) in [7, 11) is 0. The predicted molar refractivity (Wildman–Crippen MR) is 41.6 cm³/mol. The lowest BCUT2D eigenvalue weighted by Gasteiger charge is -2.31. The molecule has 2 atom stereocenters. The molecule has 0 saturated carbocycles. The van der Waals surface area contributed by atoms with Crippen LogP contribution in [0.5, 0.6) is 0 Å². The fraction of sp³-hybridized carbons (Fsp3) is 0.750. The third-order valence-corrected chi connectivity index (χ3v) is 2.82. The number of carbonyl (C=O) groups is 1. The van der Waals surface area contributed by atoms with Crippen LogP contribution in [0.25, 0.3) is 0 Å². The maximum absolute atomic E-state index is 11.1. The molecule has 3 N–H and O–H groups in total. The Morgan fingerprint density at radius 1 is 1.73 bits per heavy atom. The molecule has 2 saturated heterocycles. The van der Waals surface area contributed by atoms with E-state index in [1.165, 1.54) is 0 Å². The lowest BCUT2D eigenvalue weighted by molar-refractivity contribution is -0.124. The number of nitrogens with two attached hydrogens (primary N) is 1. The van der Waals surface area contributed by atoms with E-state index in [2.05, 4.69) is 11.7 Å². The van der Waals surface area contributed by atoms with Crippen molar-refractivity contribution in [2.24, 2.45) is 5.73 Å². The lowest BCUT2D eigenvalue weighted by atomic mass is 9.90. The second kappa shape index (κ2) is 2.21. The molecular formula is C8H13N2O. The fourth-order valence-corrected chi connectivity index (χ4v) is 2.12. The SMILES string of the molecule is NC(=O)C12C[CH]CC(CC1)N2. The number of hydrogen-bond donors (Lipinski definition) is 2. The molecule has 2 unspecified atom stereocenters. The quantitative estimate of drug-likeness (QED) is 0.555. The van der Waals surface area contributed by atoms with Crippen LogP contribution in [-0.2, 0) is 4.79 Å². The summed E-state index contributed by atoms with van der Waals surface area (Å²) >= 11 is 0. The highest BCUT2D eigenvalue weighted by molar-refractivity contribution is 5.85. The largest absolute Gasteiger partial charge is 0.368 e. The summed E-state index contributed by atoms with van der Waals surface area (Å²) in [6.07, 6.45) is 6.11. The molecule has 0 aromatic heterocycles. The minimum absolute atomic E-state index is 0.184. The average Bonchev–Trinajstić information content (AvgIpc) is 2.29. The lowest BCUT2D eigenvalue weighted by Crippen LogP contribution is -2.55. The summed E-state index contributed by atoms with van der Waals surface area (Å²) in [5.74, 6) is -0.184. The predicted octanol–water partition coefficient (Wildman–Crippen LogP) is -0.0394. The van der Waals surface area contributed by atoms with Gasteiger partial charge in [-0.3, -0.25) is 4.79 Å². The highest BCUT2D eigenvalue weighted by atomic mass is 16.1. The van der Waals surface area contributed by atoms with Gasteiger partial charge >= 0.3 is 0 Å². The van der Waals surface area contributed by atoms with Gasteiger partial charge in [0.2, 0.25) is 5.91 Å². The number of fused-ring (bicyclic) bond motifs is 2. The van der Waals surface area contributed by atoms with Gasteiger partial charge in [0, 0.05) is 6.04 Å². The Balaban J connectivity index is 2.19. The Morgan fingerprint density at radius 3 is 3.18 bits per heavy atom. The number of carbonyl (C=O) groups excluding carboxylic acids is 1. The van der Waals surface area contributed by atoms with Crippen molar-refractivity contribution in [3.8, 4) is 0 Å². The van der Waals surface area contributed by atoms with Gasteiger partial charge in [0.1, 0.15) is 0 Å². The summed E-state index contributed by atoms with van der Waals surface area (Å²) in [5.41, 5.74) is 4.95. The Hall–Kier alpha value is -0.570. The van der Waals surface area contributed by atoms with Crippen LogP contribution in [0.4, 0.5) is 0 Å². The van der Waals surface area contributed by atoms with Gasteiger partial charge in [-0.1, -0.05) is 0 Å². The van der Waals surface area contributed by atoms with Gasteiger partial charge in [0.25, 0.3) is 0 Å². The van der Waals surface area contributed by atoms with Crippen molar-refractivity contribution in [1.29, 1.82) is 0 Å². The van der Waals surface area contributed by atoms with Crippen LogP contribution in [-0.4, -0.2) is 17.5 Å². The first-order valence-corrected chi connectivity index (χ1v) is 4.12. The van der Waals surface area contributed by atoms with Crippen molar-refractivity contribution in [2.45, 2.75) is 37.3 Å². The van der Waals surface area contributed by atoms with Crippen LogP contribution < -0.4 is 11.1 Å². The Morgan fingerprint density at radius 2 is 2.55 bits per heavy atom. The number of rotatable bonds is 1. The monoisotopic (exact) mass is 153 g/mol. The third kappa shape index (κ3) is 0.948. The van der Waals surface area contributed by atoms with Crippen LogP contribution in [0.15, 0.2) is 0 Å². The van der Waals surface area contributed by atoms with Crippen molar-refractivity contribution < 1.29 is 4.79 Å². The van der Waals surface area contributed by atoms with Crippen LogP contribution in [0.1, 0.15) is 25.7 Å². The molecule has 1 amide bonds. The Labute approximate surface area is 66.3 Å². The summed E-state index contributed by atoms with van der Waals surface area (Å²) in [6, 6.07) is 0.510. The van der Waals surface area contributed by atoms with Gasteiger partial charge in [-0.2, -0.15) is 0 Å². The number of hydrogen-bond acceptors (Lipinski definition) is 2. The van der Waals surface area contributed by atoms with E-state index >= 15 is 0 Å². The standard InChI is InChI=1S/C8H13N2O/c9-7(11)8-4-1-2-6(10-8)3-5-8/h1,6,10H,2-5H2,(H2,9,11). The summed E-state index contributed by atoms with van der Waals surface area (Å²) in [4.78, 5) is 11.1. The van der Waals surface area contributed by atoms with E-state index in [9.17, 15) is 4.79 Å². The molecule has 2 aliphatic heterocycles. The zero-order valence-electron chi connectivity index (χ0n) is 6.47. The van der Waals surface area contributed by atoms with Crippen LogP contribution >= 0.6 is 0 Å². The number of piperidine rings is 1. The van der Waals surface area contributed by atoms with E-state index in [1.54, 1.807) is 0 Å². The highest BCUT2D eigenvalue weighted by Crippen LogP contribution is 2.34. The molecular weight excluding hydrogens is 140 g/mol. The molecule has 11 heavy (non-hydrogen) atoms. The van der Waals surface area contributed by atoms with Crippen LogP contribution in [0.2, 0.25) is 0 Å². The van der Waals surface area contributed by atoms with Gasteiger partial charge in [-0.25, -0.2) is 0 Å². The van der Waals surface area contributed by atoms with E-state index in [-0.39, 0.29) is 11.4 Å². The van der Waals surface area contributed by atoms with Gasteiger partial charge < -0.3 is 11.1 Å². The van der Waals surface area contributed by atoms with Crippen molar-refractivity contribution in [3.05, 3.63) is 6.42 Å². The van der Waals surface area contributed by atoms with E-state index < -0.39 is 0 Å². The minimum atomic E-state index is -0.372. The zero-order valence-corrected chi connectivity index (χ0v) is 6.47. The molecule has 3 heteroatoms. The van der Waals surface area contributed by atoms with Gasteiger partial charge in [-0.05, 0) is 32.1 Å². The second-order valence-electron chi connectivity index (χ2n) is 3.55. The first-order valence-electron chi connectivity index (χ1n) is 4.12. The smallest absolute Gasteiger partial charge is 0.237 e. The topological polar surface area (TPSA) is 55.1 Å². The molecule has 2 heterocycles. The summed E-state index contributed by atoms with van der Waals surface area (Å²) in [6.45, 7) is 0. The van der Waals surface area contributed by atoms with Crippen molar-refractivity contribution in [3.63, 3.8) is 0 Å². The van der Waals surface area contributed by atoms with Crippen molar-refractivity contribution in [1.82, 2.24) is 5.32 Å². The maximum Gasteiger partial charge on any atom is 0.237 e. The van der Waals surface area contributed by atoms with Gasteiger partial charge in [0.05, 0.1) is 5.54 Å². The highest BCUT2D eigenvalue weighted by Gasteiger charge is 2.45. The molecule has 0 aromatic rings. The molecule has 0 aliphatic carbocycles. The molecule has 2 fully saturated rings. The summed E-state index contributed by atoms with van der Waals surface area (Å²) < 4.78 is 0. The normalized spacial score (nSPS) is 42.4. The fourth-order valence-electron chi connectivity index (χ4n) is 2.12. The van der Waals surface area contributed by atoms with Crippen molar-refractivity contribution in [2.75, 3.05) is 0 Å². The van der Waals surface area contributed by atoms with E-state index in [4.69, 9.17) is 5.73 Å². The molecule has 61 valence electrons. The zero-order chi connectivity index (χ0) is 7.90. The summed E-state index contributed by atoms with van der Waals surface area (Å²) in [5, 5.41) is 3.30. The number of amides is 1. The molecule has 2 bridgehead atoms. The molecule has 0 spiro atoms. The molecule has 1 radical (unpaired) electrons. The van der Waals surface area contributed by atoms with E-state index in [1.807, 2.05) is 0 Å². The van der Waals surface area contributed by atoms with Crippen LogP contribution in [0, 0.1) is 6.42 Å². The minimum Gasteiger partial charge on any atom is -0.368 e. The maximum atomic E-state index is 11.1. The number of primary amides is 1. The van der Waals surface area contributed by atoms with Crippen LogP contribution in [0.3, 0.4) is 0 Å².